The third-order valence-electron chi connectivity index (χ3n) is 2.43. The first-order valence-electron chi connectivity index (χ1n) is 5.24. The van der Waals surface area contributed by atoms with Crippen molar-refractivity contribution in [1.82, 2.24) is 9.97 Å². The maximum Gasteiger partial charge on any atom is 0.143 e. The Labute approximate surface area is 114 Å². The Bertz CT molecular complexity index is 515. The lowest BCUT2D eigenvalue weighted by molar-refractivity contribution is 0.870. The first kappa shape index (κ1) is 12.1. The number of hydrogen-bond acceptors (Lipinski definition) is 4. The Kier molecular flexibility index (Phi) is 3.78. The summed E-state index contributed by atoms with van der Waals surface area (Å²) in [7, 11) is 0. The van der Waals surface area contributed by atoms with Crippen molar-refractivity contribution in [1.29, 1.82) is 0 Å². The Morgan fingerprint density at radius 2 is 2.24 bits per heavy atom. The fourth-order valence-corrected chi connectivity index (χ4v) is 1.99. The molecule has 88 valence electrons. The lowest BCUT2D eigenvalue weighted by atomic mass is 10.1. The van der Waals surface area contributed by atoms with Crippen molar-refractivity contribution in [3.63, 3.8) is 0 Å². The Hall–Kier alpha value is -1.37. The van der Waals surface area contributed by atoms with E-state index < -0.39 is 0 Å². The summed E-state index contributed by atoms with van der Waals surface area (Å²) in [5, 5.41) is 3.34. The predicted molar refractivity (Wildman–Crippen MR) is 77.6 cm³/mol. The Morgan fingerprint density at radius 3 is 2.94 bits per heavy atom. The topological polar surface area (TPSA) is 63.8 Å². The summed E-state index contributed by atoms with van der Waals surface area (Å²) >= 11 is 2.21. The lowest BCUT2D eigenvalue weighted by Crippen LogP contribution is -2.09. The van der Waals surface area contributed by atoms with E-state index >= 15 is 0 Å². The predicted octanol–water partition coefficient (Wildman–Crippen LogP) is 2.84. The molecule has 0 radical (unpaired) electrons. The normalized spacial score (nSPS) is 12.1. The molecule has 0 fully saturated rings. The van der Waals surface area contributed by atoms with Crippen molar-refractivity contribution < 1.29 is 0 Å². The monoisotopic (exact) mass is 340 g/mol. The number of benzene rings is 1. The fraction of sp³-hybridized carbons (Fsp3) is 0.167. The maximum atomic E-state index is 5.76. The van der Waals surface area contributed by atoms with E-state index in [-0.39, 0.29) is 6.04 Å². The molecule has 0 spiro atoms. The summed E-state index contributed by atoms with van der Waals surface area (Å²) in [4.78, 5) is 8.17. The number of halogens is 1. The average Bonchev–Trinajstić information content (AvgIpc) is 2.32. The zero-order valence-corrected chi connectivity index (χ0v) is 11.5. The lowest BCUT2D eigenvalue weighted by Gasteiger charge is -2.16. The van der Waals surface area contributed by atoms with Crippen LogP contribution in [0.4, 0.5) is 11.5 Å². The van der Waals surface area contributed by atoms with Gasteiger partial charge in [-0.2, -0.15) is 0 Å². The van der Waals surface area contributed by atoms with Crippen LogP contribution in [0.15, 0.2) is 36.8 Å². The first-order valence-corrected chi connectivity index (χ1v) is 6.32. The summed E-state index contributed by atoms with van der Waals surface area (Å²) in [6.07, 6.45) is 3.32. The maximum absolute atomic E-state index is 5.76. The second-order valence-electron chi connectivity index (χ2n) is 3.76. The molecule has 5 heteroatoms. The van der Waals surface area contributed by atoms with E-state index in [2.05, 4.69) is 44.8 Å². The minimum atomic E-state index is 0.155. The van der Waals surface area contributed by atoms with Gasteiger partial charge in [-0.05, 0) is 47.2 Å². The van der Waals surface area contributed by atoms with Crippen LogP contribution in [-0.4, -0.2) is 9.97 Å². The minimum Gasteiger partial charge on any atom is -0.399 e. The molecule has 0 bridgehead atoms. The number of nitrogen functional groups attached to an aromatic ring is 1. The van der Waals surface area contributed by atoms with E-state index in [0.29, 0.717) is 0 Å². The molecule has 17 heavy (non-hydrogen) atoms. The molecule has 3 N–H and O–H groups in total. The molecule has 2 aromatic rings. The van der Waals surface area contributed by atoms with Crippen LogP contribution in [-0.2, 0) is 0 Å². The van der Waals surface area contributed by atoms with Gasteiger partial charge >= 0.3 is 0 Å². The van der Waals surface area contributed by atoms with Crippen LogP contribution < -0.4 is 11.1 Å². The minimum absolute atomic E-state index is 0.155. The number of rotatable bonds is 3. The summed E-state index contributed by atoms with van der Waals surface area (Å²) in [6.45, 7) is 2.08. The van der Waals surface area contributed by atoms with Crippen LogP contribution in [0.5, 0.6) is 0 Å². The quantitative estimate of drug-likeness (QED) is 0.666. The molecule has 0 saturated carbocycles. The first-order chi connectivity index (χ1) is 8.16. The number of nitrogens with one attached hydrogen (secondary N) is 1. The van der Waals surface area contributed by atoms with Crippen molar-refractivity contribution in [2.75, 3.05) is 11.1 Å². The number of anilines is 2. The molecule has 0 aliphatic heterocycles. The number of hydrogen-bond donors (Lipinski definition) is 2. The van der Waals surface area contributed by atoms with Crippen LogP contribution in [0.3, 0.4) is 0 Å². The average molecular weight is 340 g/mol. The Morgan fingerprint density at radius 1 is 1.41 bits per heavy atom. The molecule has 1 unspecified atom stereocenters. The smallest absolute Gasteiger partial charge is 0.143 e. The molecule has 1 aromatic carbocycles. The van der Waals surface area contributed by atoms with Gasteiger partial charge in [-0.15, -0.1) is 0 Å². The summed E-state index contributed by atoms with van der Waals surface area (Å²) in [5.74, 6) is 0.843. The van der Waals surface area contributed by atoms with Gasteiger partial charge in [0, 0.05) is 11.9 Å². The number of nitrogens with zero attached hydrogens (tertiary/aromatic N) is 2. The zero-order valence-electron chi connectivity index (χ0n) is 9.39. The molecule has 1 heterocycles. The number of nitrogens with two attached hydrogens (primary N) is 1. The molecule has 4 nitrogen and oxygen atoms in total. The highest BCUT2D eigenvalue weighted by atomic mass is 127. The van der Waals surface area contributed by atoms with E-state index in [1.807, 2.05) is 24.3 Å². The van der Waals surface area contributed by atoms with Crippen LogP contribution in [0.2, 0.25) is 0 Å². The van der Waals surface area contributed by atoms with Gasteiger partial charge in [-0.1, -0.05) is 12.1 Å². The summed E-state index contributed by atoms with van der Waals surface area (Å²) < 4.78 is 1.00. The van der Waals surface area contributed by atoms with Gasteiger partial charge in [0.2, 0.25) is 0 Å². The third kappa shape index (κ3) is 3.06. The zero-order chi connectivity index (χ0) is 12.3. The summed E-state index contributed by atoms with van der Waals surface area (Å²) in [5.41, 5.74) is 7.67. The standard InChI is InChI=1S/C12H13IN4/c1-8(9-3-2-4-10(14)5-9)17-12-11(13)6-15-7-16-12/h2-8H,14H2,1H3,(H,15,16,17). The van der Waals surface area contributed by atoms with Crippen molar-refractivity contribution >= 4 is 34.1 Å². The van der Waals surface area contributed by atoms with Gasteiger partial charge in [-0.25, -0.2) is 9.97 Å². The molecule has 1 aromatic heterocycles. The van der Waals surface area contributed by atoms with Gasteiger partial charge in [0.15, 0.2) is 0 Å². The third-order valence-corrected chi connectivity index (χ3v) is 3.22. The Balaban J connectivity index is 2.17. The van der Waals surface area contributed by atoms with E-state index in [0.717, 1.165) is 20.6 Å². The van der Waals surface area contributed by atoms with Crippen LogP contribution in [0, 0.1) is 3.57 Å². The van der Waals surface area contributed by atoms with E-state index in [1.165, 1.54) is 6.33 Å². The molecular formula is C12H13IN4. The van der Waals surface area contributed by atoms with Gasteiger partial charge in [-0.3, -0.25) is 0 Å². The van der Waals surface area contributed by atoms with E-state index in [1.54, 1.807) is 6.20 Å². The van der Waals surface area contributed by atoms with Crippen LogP contribution >= 0.6 is 22.6 Å². The van der Waals surface area contributed by atoms with Gasteiger partial charge < -0.3 is 11.1 Å². The molecule has 1 atom stereocenters. The van der Waals surface area contributed by atoms with Gasteiger partial charge in [0.05, 0.1) is 9.61 Å². The van der Waals surface area contributed by atoms with Crippen LogP contribution in [0.1, 0.15) is 18.5 Å². The van der Waals surface area contributed by atoms with Crippen molar-refractivity contribution in [2.24, 2.45) is 0 Å². The van der Waals surface area contributed by atoms with Crippen molar-refractivity contribution in [2.45, 2.75) is 13.0 Å². The largest absolute Gasteiger partial charge is 0.399 e. The van der Waals surface area contributed by atoms with Crippen LogP contribution in [0.25, 0.3) is 0 Å². The second-order valence-corrected chi connectivity index (χ2v) is 4.92. The van der Waals surface area contributed by atoms with E-state index in [9.17, 15) is 0 Å². The highest BCUT2D eigenvalue weighted by Gasteiger charge is 2.08. The molecule has 0 saturated heterocycles. The van der Waals surface area contributed by atoms with Gasteiger partial charge in [0.1, 0.15) is 12.1 Å². The molecule has 0 aliphatic rings. The fourth-order valence-electron chi connectivity index (χ4n) is 1.54. The molecular weight excluding hydrogens is 327 g/mol. The molecule has 0 aliphatic carbocycles. The second kappa shape index (κ2) is 5.31. The van der Waals surface area contributed by atoms with E-state index in [4.69, 9.17) is 5.73 Å². The molecule has 2 rings (SSSR count). The number of aromatic nitrogens is 2. The molecule has 0 amide bonds. The highest BCUT2D eigenvalue weighted by Crippen LogP contribution is 2.22. The van der Waals surface area contributed by atoms with Crippen molar-refractivity contribution in [3.05, 3.63) is 45.9 Å². The van der Waals surface area contributed by atoms with Gasteiger partial charge in [0.25, 0.3) is 0 Å². The van der Waals surface area contributed by atoms with Crippen molar-refractivity contribution in [3.8, 4) is 0 Å². The SMILES string of the molecule is CC(Nc1ncncc1I)c1cccc(N)c1. The highest BCUT2D eigenvalue weighted by molar-refractivity contribution is 14.1. The summed E-state index contributed by atoms with van der Waals surface area (Å²) in [6, 6.07) is 7.99.